The first-order chi connectivity index (χ1) is 18.3. The third kappa shape index (κ3) is 4.72. The SMILES string of the molecule is CCCC(NC(=O)c1ccc(-n2ccnc2)cc1)C(=O)N1CCC2C1C(=O)CN2S(=O)(=O)c1cccnc1. The first kappa shape index (κ1) is 25.7. The number of benzene rings is 1. The molecule has 3 atom stereocenters. The van der Waals surface area contributed by atoms with Crippen LogP contribution in [-0.4, -0.2) is 81.0 Å². The Balaban J connectivity index is 1.31. The highest BCUT2D eigenvalue weighted by Gasteiger charge is 2.54. The molecule has 2 aliphatic heterocycles. The van der Waals surface area contributed by atoms with E-state index in [0.29, 0.717) is 24.8 Å². The summed E-state index contributed by atoms with van der Waals surface area (Å²) in [7, 11) is -3.94. The molecule has 2 aliphatic rings. The molecule has 0 aliphatic carbocycles. The molecule has 3 aromatic rings. The Hall–Kier alpha value is -3.90. The third-order valence-electron chi connectivity index (χ3n) is 7.01. The number of sulfonamides is 1. The molecular weight excluding hydrogens is 508 g/mol. The van der Waals surface area contributed by atoms with Gasteiger partial charge < -0.3 is 14.8 Å². The highest BCUT2D eigenvalue weighted by atomic mass is 32.2. The Labute approximate surface area is 220 Å². The van der Waals surface area contributed by atoms with Crippen molar-refractivity contribution in [3.8, 4) is 5.69 Å². The van der Waals surface area contributed by atoms with E-state index in [1.807, 2.05) is 11.5 Å². The lowest BCUT2D eigenvalue weighted by atomic mass is 10.1. The predicted molar refractivity (Wildman–Crippen MR) is 137 cm³/mol. The van der Waals surface area contributed by atoms with E-state index < -0.39 is 34.1 Å². The van der Waals surface area contributed by atoms with Gasteiger partial charge in [-0.3, -0.25) is 19.4 Å². The van der Waals surface area contributed by atoms with Gasteiger partial charge in [-0.05, 0) is 49.2 Å². The minimum absolute atomic E-state index is 0.00778. The summed E-state index contributed by atoms with van der Waals surface area (Å²) in [6.07, 6.45) is 9.19. The van der Waals surface area contributed by atoms with Gasteiger partial charge in [-0.25, -0.2) is 13.4 Å². The molecule has 0 bridgehead atoms. The number of Topliss-reactive ketones (excluding diaryl/α,β-unsaturated/α-hetero) is 1. The molecule has 2 saturated heterocycles. The zero-order valence-corrected chi connectivity index (χ0v) is 21.6. The lowest BCUT2D eigenvalue weighted by Gasteiger charge is -2.28. The normalized spacial score (nSPS) is 20.3. The number of carbonyl (C=O) groups excluding carboxylic acids is 3. The molecule has 0 radical (unpaired) electrons. The minimum atomic E-state index is -3.94. The van der Waals surface area contributed by atoms with Crippen molar-refractivity contribution >= 4 is 27.6 Å². The highest BCUT2D eigenvalue weighted by molar-refractivity contribution is 7.89. The van der Waals surface area contributed by atoms with E-state index in [4.69, 9.17) is 0 Å². The summed E-state index contributed by atoms with van der Waals surface area (Å²) >= 11 is 0. The van der Waals surface area contributed by atoms with E-state index in [1.165, 1.54) is 33.7 Å². The van der Waals surface area contributed by atoms with E-state index in [9.17, 15) is 22.8 Å². The maximum Gasteiger partial charge on any atom is 0.251 e. The van der Waals surface area contributed by atoms with Gasteiger partial charge in [0.1, 0.15) is 17.0 Å². The number of rotatable bonds is 8. The summed E-state index contributed by atoms with van der Waals surface area (Å²) in [4.78, 5) is 49.0. The first-order valence-electron chi connectivity index (χ1n) is 12.5. The van der Waals surface area contributed by atoms with Crippen molar-refractivity contribution in [1.82, 2.24) is 29.1 Å². The zero-order valence-electron chi connectivity index (χ0n) is 20.8. The van der Waals surface area contributed by atoms with Gasteiger partial charge in [-0.15, -0.1) is 0 Å². The van der Waals surface area contributed by atoms with E-state index >= 15 is 0 Å². The Morgan fingerprint density at radius 2 is 1.92 bits per heavy atom. The van der Waals surface area contributed by atoms with Crippen LogP contribution in [0.3, 0.4) is 0 Å². The standard InChI is InChI=1S/C26H28N6O5S/c1-2-4-21(29-25(34)18-6-8-19(9-7-18)30-14-12-28-17-30)26(35)31-13-10-22-24(31)23(33)16-32(22)38(36,37)20-5-3-11-27-15-20/h3,5-9,11-12,14-15,17,21-22,24H,2,4,10,13,16H2,1H3,(H,29,34). The van der Waals surface area contributed by atoms with Crippen molar-refractivity contribution < 1.29 is 22.8 Å². The van der Waals surface area contributed by atoms with Crippen LogP contribution in [0.5, 0.6) is 0 Å². The Morgan fingerprint density at radius 3 is 2.58 bits per heavy atom. The highest BCUT2D eigenvalue weighted by Crippen LogP contribution is 2.34. The summed E-state index contributed by atoms with van der Waals surface area (Å²) in [6.45, 7) is 1.83. The molecule has 3 unspecified atom stereocenters. The van der Waals surface area contributed by atoms with Crippen LogP contribution in [0.1, 0.15) is 36.5 Å². The molecule has 0 saturated carbocycles. The van der Waals surface area contributed by atoms with E-state index in [0.717, 1.165) is 5.69 Å². The monoisotopic (exact) mass is 536 g/mol. The topological polar surface area (TPSA) is 135 Å². The van der Waals surface area contributed by atoms with Crippen molar-refractivity contribution in [3.63, 3.8) is 0 Å². The molecule has 2 amide bonds. The summed E-state index contributed by atoms with van der Waals surface area (Å²) in [5.74, 6) is -1.11. The number of likely N-dealkylation sites (tertiary alicyclic amines) is 1. The van der Waals surface area contributed by atoms with Gasteiger partial charge in [0.15, 0.2) is 5.78 Å². The summed E-state index contributed by atoms with van der Waals surface area (Å²) in [5, 5.41) is 2.83. The number of carbonyl (C=O) groups is 3. The molecule has 1 N–H and O–H groups in total. The number of hydrogen-bond acceptors (Lipinski definition) is 7. The predicted octanol–water partition coefficient (Wildman–Crippen LogP) is 1.41. The van der Waals surface area contributed by atoms with Crippen LogP contribution in [0, 0.1) is 0 Å². The van der Waals surface area contributed by atoms with Gasteiger partial charge in [-0.2, -0.15) is 4.31 Å². The van der Waals surface area contributed by atoms with Crippen molar-refractivity contribution in [1.29, 1.82) is 0 Å². The Bertz CT molecular complexity index is 1430. The van der Waals surface area contributed by atoms with Crippen molar-refractivity contribution in [3.05, 3.63) is 73.1 Å². The van der Waals surface area contributed by atoms with Crippen molar-refractivity contribution in [2.45, 2.75) is 49.2 Å². The molecule has 38 heavy (non-hydrogen) atoms. The van der Waals surface area contributed by atoms with Gasteiger partial charge in [0, 0.05) is 42.6 Å². The van der Waals surface area contributed by atoms with Gasteiger partial charge in [0.05, 0.1) is 18.9 Å². The summed E-state index contributed by atoms with van der Waals surface area (Å²) in [6, 6.07) is 7.51. The van der Waals surface area contributed by atoms with Gasteiger partial charge >= 0.3 is 0 Å². The molecule has 5 rings (SSSR count). The van der Waals surface area contributed by atoms with Crippen LogP contribution in [0.25, 0.3) is 5.69 Å². The fourth-order valence-electron chi connectivity index (χ4n) is 5.16. The molecule has 11 nitrogen and oxygen atoms in total. The number of aromatic nitrogens is 3. The smallest absolute Gasteiger partial charge is 0.251 e. The summed E-state index contributed by atoms with van der Waals surface area (Å²) in [5.41, 5.74) is 1.24. The van der Waals surface area contributed by atoms with Crippen LogP contribution < -0.4 is 5.32 Å². The molecular formula is C26H28N6O5S. The number of pyridine rings is 1. The van der Waals surface area contributed by atoms with Crippen LogP contribution in [-0.2, 0) is 19.6 Å². The van der Waals surface area contributed by atoms with Crippen LogP contribution in [0.4, 0.5) is 0 Å². The number of imidazole rings is 1. The van der Waals surface area contributed by atoms with Crippen molar-refractivity contribution in [2.75, 3.05) is 13.1 Å². The van der Waals surface area contributed by atoms with Gasteiger partial charge in [0.2, 0.25) is 15.9 Å². The number of nitrogens with zero attached hydrogens (tertiary/aromatic N) is 5. The van der Waals surface area contributed by atoms with Gasteiger partial charge in [0.25, 0.3) is 5.91 Å². The van der Waals surface area contributed by atoms with E-state index in [-0.39, 0.29) is 29.7 Å². The summed E-state index contributed by atoms with van der Waals surface area (Å²) < 4.78 is 29.4. The fraction of sp³-hybridized carbons (Fsp3) is 0.346. The minimum Gasteiger partial charge on any atom is -0.340 e. The molecule has 12 heteroatoms. The van der Waals surface area contributed by atoms with Crippen LogP contribution in [0.15, 0.2) is 72.4 Å². The molecule has 0 spiro atoms. The molecule has 1 aromatic carbocycles. The molecule has 2 fully saturated rings. The zero-order chi connectivity index (χ0) is 26.9. The number of amides is 2. The second-order valence-electron chi connectivity index (χ2n) is 9.37. The average molecular weight is 537 g/mol. The van der Waals surface area contributed by atoms with E-state index in [2.05, 4.69) is 15.3 Å². The second-order valence-corrected chi connectivity index (χ2v) is 11.3. The van der Waals surface area contributed by atoms with Crippen molar-refractivity contribution in [2.24, 2.45) is 0 Å². The average Bonchev–Trinajstić information content (AvgIpc) is 3.68. The van der Waals surface area contributed by atoms with E-state index in [1.54, 1.807) is 43.0 Å². The third-order valence-corrected chi connectivity index (χ3v) is 8.87. The van der Waals surface area contributed by atoms with Crippen LogP contribution in [0.2, 0.25) is 0 Å². The maximum absolute atomic E-state index is 13.6. The van der Waals surface area contributed by atoms with Crippen LogP contribution >= 0.6 is 0 Å². The Morgan fingerprint density at radius 1 is 1.13 bits per heavy atom. The lowest BCUT2D eigenvalue weighted by molar-refractivity contribution is -0.138. The molecule has 4 heterocycles. The molecule has 198 valence electrons. The molecule has 2 aromatic heterocycles. The lowest BCUT2D eigenvalue weighted by Crippen LogP contribution is -2.52. The maximum atomic E-state index is 13.6. The number of fused-ring (bicyclic) bond motifs is 1. The number of hydrogen-bond donors (Lipinski definition) is 1. The Kier molecular flexibility index (Phi) is 7.09. The van der Waals surface area contributed by atoms with Gasteiger partial charge in [-0.1, -0.05) is 13.3 Å². The largest absolute Gasteiger partial charge is 0.340 e. The quantitative estimate of drug-likeness (QED) is 0.460. The fourth-order valence-corrected chi connectivity index (χ4v) is 6.75. The first-order valence-corrected chi connectivity index (χ1v) is 13.9. The number of nitrogens with one attached hydrogen (secondary N) is 1. The number of ketones is 1. The second kappa shape index (κ2) is 10.5.